The largest absolute Gasteiger partial charge is 0.506 e. The zero-order valence-corrected chi connectivity index (χ0v) is 22.6. The molecule has 1 aliphatic carbocycles. The number of hydrogen-bond acceptors (Lipinski definition) is 7. The van der Waals surface area contributed by atoms with E-state index in [1.165, 1.54) is 23.8 Å². The molecule has 4 N–H and O–H groups in total. The smallest absolute Gasteiger partial charge is 0.253 e. The van der Waals surface area contributed by atoms with Crippen LogP contribution in [0, 0.1) is 0 Å². The van der Waals surface area contributed by atoms with Gasteiger partial charge in [0.25, 0.3) is 5.91 Å². The molecule has 2 aromatic rings. The number of aromatic hydroxyl groups is 1. The van der Waals surface area contributed by atoms with Crippen molar-refractivity contribution in [2.75, 3.05) is 37.2 Å². The molecule has 1 amide bonds. The van der Waals surface area contributed by atoms with Crippen LogP contribution in [0.15, 0.2) is 42.5 Å². The van der Waals surface area contributed by atoms with Gasteiger partial charge in [0.1, 0.15) is 24.2 Å². The molecule has 37 heavy (non-hydrogen) atoms. The van der Waals surface area contributed by atoms with Crippen molar-refractivity contribution < 1.29 is 28.2 Å². The van der Waals surface area contributed by atoms with E-state index in [-0.39, 0.29) is 24.0 Å². The third-order valence-corrected chi connectivity index (χ3v) is 7.35. The summed E-state index contributed by atoms with van der Waals surface area (Å²) in [4.78, 5) is 14.3. The fourth-order valence-electron chi connectivity index (χ4n) is 4.66. The van der Waals surface area contributed by atoms with Crippen LogP contribution in [-0.4, -0.2) is 74.1 Å². The summed E-state index contributed by atoms with van der Waals surface area (Å²) in [5, 5.41) is 23.6. The van der Waals surface area contributed by atoms with Gasteiger partial charge in [-0.3, -0.25) is 9.52 Å². The molecule has 9 nitrogen and oxygen atoms in total. The fourth-order valence-corrected chi connectivity index (χ4v) is 5.23. The molecule has 1 atom stereocenters. The normalized spacial score (nSPS) is 18.7. The molecule has 0 unspecified atom stereocenters. The second-order valence-corrected chi connectivity index (χ2v) is 11.3. The highest BCUT2D eigenvalue weighted by Gasteiger charge is 2.23. The van der Waals surface area contributed by atoms with Gasteiger partial charge in [-0.2, -0.15) is 0 Å². The van der Waals surface area contributed by atoms with Crippen LogP contribution in [0.25, 0.3) is 0 Å². The predicted molar refractivity (Wildman–Crippen MR) is 145 cm³/mol. The van der Waals surface area contributed by atoms with E-state index in [0.29, 0.717) is 37.3 Å². The standard InChI is InChI=1S/C27H39N3O6S/c1-4-30(5-2)27(33)21-8-6-19(7-9-21)20-10-12-22(13-11-20)28-17-23(31)18-36-24-14-15-26(32)25(16-24)29-37(3,34)35/h6-9,14-16,20,22-23,28-29,31-32H,4-5,10-13,17-18H2,1-3H3/t20?,22?,23-/m0/s1. The lowest BCUT2D eigenvalue weighted by molar-refractivity contribution is 0.0773. The summed E-state index contributed by atoms with van der Waals surface area (Å²) in [6.45, 7) is 5.79. The highest BCUT2D eigenvalue weighted by atomic mass is 32.2. The van der Waals surface area contributed by atoms with Gasteiger partial charge < -0.3 is 25.2 Å². The van der Waals surface area contributed by atoms with Crippen LogP contribution in [-0.2, 0) is 10.0 Å². The van der Waals surface area contributed by atoms with E-state index in [9.17, 15) is 23.4 Å². The number of carbonyl (C=O) groups is 1. The maximum Gasteiger partial charge on any atom is 0.253 e. The maximum atomic E-state index is 12.5. The van der Waals surface area contributed by atoms with Gasteiger partial charge in [0, 0.05) is 37.3 Å². The minimum atomic E-state index is -3.54. The van der Waals surface area contributed by atoms with Crippen molar-refractivity contribution in [3.8, 4) is 11.5 Å². The number of nitrogens with one attached hydrogen (secondary N) is 2. The fraction of sp³-hybridized carbons (Fsp3) is 0.519. The third-order valence-electron chi connectivity index (χ3n) is 6.75. The summed E-state index contributed by atoms with van der Waals surface area (Å²) >= 11 is 0. The zero-order valence-electron chi connectivity index (χ0n) is 21.8. The summed E-state index contributed by atoms with van der Waals surface area (Å²) in [7, 11) is -3.54. The van der Waals surface area contributed by atoms with E-state index in [2.05, 4.69) is 22.2 Å². The summed E-state index contributed by atoms with van der Waals surface area (Å²) in [6, 6.07) is 12.6. The molecule has 0 bridgehead atoms. The summed E-state index contributed by atoms with van der Waals surface area (Å²) < 4.78 is 30.7. The Morgan fingerprint density at radius 2 is 1.73 bits per heavy atom. The lowest BCUT2D eigenvalue weighted by Crippen LogP contribution is -2.39. The quantitative estimate of drug-likeness (QED) is 0.308. The first-order valence-corrected chi connectivity index (χ1v) is 14.7. The molecule has 1 aliphatic rings. The van der Waals surface area contributed by atoms with Gasteiger partial charge >= 0.3 is 0 Å². The van der Waals surface area contributed by atoms with Crippen molar-refractivity contribution >= 4 is 21.6 Å². The lowest BCUT2D eigenvalue weighted by atomic mass is 9.81. The first kappa shape index (κ1) is 28.7. The van der Waals surface area contributed by atoms with Gasteiger partial charge in [0.2, 0.25) is 10.0 Å². The number of sulfonamides is 1. The van der Waals surface area contributed by atoms with E-state index in [1.54, 1.807) is 0 Å². The van der Waals surface area contributed by atoms with Crippen LogP contribution >= 0.6 is 0 Å². The highest BCUT2D eigenvalue weighted by Crippen LogP contribution is 2.33. The van der Waals surface area contributed by atoms with Crippen LogP contribution in [0.3, 0.4) is 0 Å². The van der Waals surface area contributed by atoms with Crippen LogP contribution in [0.5, 0.6) is 11.5 Å². The molecule has 1 saturated carbocycles. The van der Waals surface area contributed by atoms with Crippen molar-refractivity contribution in [3.05, 3.63) is 53.6 Å². The van der Waals surface area contributed by atoms with Gasteiger partial charge in [-0.25, -0.2) is 8.42 Å². The number of carbonyl (C=O) groups excluding carboxylic acids is 1. The molecular formula is C27H39N3O6S. The SMILES string of the molecule is CCN(CC)C(=O)c1ccc(C2CCC(NC[C@H](O)COc3ccc(O)c(NS(C)(=O)=O)c3)CC2)cc1. The van der Waals surface area contributed by atoms with Crippen LogP contribution < -0.4 is 14.8 Å². The van der Waals surface area contributed by atoms with Crippen molar-refractivity contribution in [2.45, 2.75) is 57.6 Å². The molecule has 0 spiro atoms. The Labute approximate surface area is 219 Å². The van der Waals surface area contributed by atoms with Gasteiger partial charge in [0.15, 0.2) is 0 Å². The molecule has 3 rings (SSSR count). The molecule has 0 aliphatic heterocycles. The summed E-state index contributed by atoms with van der Waals surface area (Å²) in [6.07, 6.45) is 4.32. The Bertz CT molecular complexity index is 1130. The molecule has 10 heteroatoms. The van der Waals surface area contributed by atoms with E-state index in [1.807, 2.05) is 30.9 Å². The van der Waals surface area contributed by atoms with Gasteiger partial charge in [-0.15, -0.1) is 0 Å². The number of nitrogens with zero attached hydrogens (tertiary/aromatic N) is 1. The minimum absolute atomic E-state index is 0.0227. The number of phenols is 1. The number of benzene rings is 2. The molecule has 0 heterocycles. The van der Waals surface area contributed by atoms with Crippen molar-refractivity contribution in [2.24, 2.45) is 0 Å². The third kappa shape index (κ3) is 8.62. The average Bonchev–Trinajstić information content (AvgIpc) is 2.88. The Hall–Kier alpha value is -2.82. The van der Waals surface area contributed by atoms with Crippen LogP contribution in [0.2, 0.25) is 0 Å². The molecule has 2 aromatic carbocycles. The monoisotopic (exact) mass is 533 g/mol. The number of aliphatic hydroxyl groups excluding tert-OH is 1. The van der Waals surface area contributed by atoms with E-state index >= 15 is 0 Å². The number of ether oxygens (including phenoxy) is 1. The van der Waals surface area contributed by atoms with Crippen molar-refractivity contribution in [1.29, 1.82) is 0 Å². The predicted octanol–water partition coefficient (Wildman–Crippen LogP) is 3.30. The van der Waals surface area contributed by atoms with E-state index < -0.39 is 16.1 Å². The number of phenolic OH excluding ortho intramolecular Hbond substituents is 1. The number of anilines is 1. The lowest BCUT2D eigenvalue weighted by Gasteiger charge is -2.30. The summed E-state index contributed by atoms with van der Waals surface area (Å²) in [5.74, 6) is 0.671. The maximum absolute atomic E-state index is 12.5. The average molecular weight is 534 g/mol. The Kier molecular flexibility index (Phi) is 10.2. The Morgan fingerprint density at radius 1 is 1.08 bits per heavy atom. The minimum Gasteiger partial charge on any atom is -0.506 e. The number of rotatable bonds is 12. The van der Waals surface area contributed by atoms with E-state index in [4.69, 9.17) is 4.74 Å². The topological polar surface area (TPSA) is 128 Å². The number of amides is 1. The van der Waals surface area contributed by atoms with Gasteiger partial charge in [-0.1, -0.05) is 12.1 Å². The zero-order chi connectivity index (χ0) is 27.0. The van der Waals surface area contributed by atoms with Crippen LogP contribution in [0.1, 0.15) is 61.4 Å². The van der Waals surface area contributed by atoms with E-state index in [0.717, 1.165) is 37.5 Å². The molecule has 1 fully saturated rings. The molecule has 0 radical (unpaired) electrons. The molecular weight excluding hydrogens is 494 g/mol. The molecule has 0 saturated heterocycles. The second kappa shape index (κ2) is 13.1. The Balaban J connectivity index is 1.41. The van der Waals surface area contributed by atoms with Crippen molar-refractivity contribution in [1.82, 2.24) is 10.2 Å². The number of hydrogen-bond donors (Lipinski definition) is 4. The van der Waals surface area contributed by atoms with Crippen LogP contribution in [0.4, 0.5) is 5.69 Å². The summed E-state index contributed by atoms with van der Waals surface area (Å²) in [5.41, 5.74) is 2.02. The first-order chi connectivity index (χ1) is 17.6. The molecule has 0 aromatic heterocycles. The van der Waals surface area contributed by atoms with Gasteiger partial charge in [-0.05, 0) is 75.3 Å². The van der Waals surface area contributed by atoms with Crippen molar-refractivity contribution in [3.63, 3.8) is 0 Å². The Morgan fingerprint density at radius 3 is 2.32 bits per heavy atom. The number of aliphatic hydroxyl groups is 1. The first-order valence-electron chi connectivity index (χ1n) is 12.8. The highest BCUT2D eigenvalue weighted by molar-refractivity contribution is 7.92. The van der Waals surface area contributed by atoms with Gasteiger partial charge in [0.05, 0.1) is 11.9 Å². The molecule has 204 valence electrons. The second-order valence-electron chi connectivity index (χ2n) is 9.57.